The third-order valence-electron chi connectivity index (χ3n) is 2.58. The molecule has 1 rings (SSSR count). The largest absolute Gasteiger partial charge is 0.433 e. The molecule has 0 spiro atoms. The second-order valence-corrected chi connectivity index (χ2v) is 5.08. The summed E-state index contributed by atoms with van der Waals surface area (Å²) in [5, 5.41) is 24.4. The minimum atomic E-state index is -0.990. The minimum Gasteiger partial charge on any atom is -0.433 e. The van der Waals surface area contributed by atoms with E-state index in [1.54, 1.807) is 13.8 Å². The highest BCUT2D eigenvalue weighted by molar-refractivity contribution is 5.81. The molecule has 0 radical (unpaired) electrons. The molecule has 0 bridgehead atoms. The fourth-order valence-corrected chi connectivity index (χ4v) is 0.934. The average molecular weight is 383 g/mol. The summed E-state index contributed by atoms with van der Waals surface area (Å²) >= 11 is 0. The van der Waals surface area contributed by atoms with Crippen molar-refractivity contribution in [2.45, 2.75) is 39.9 Å². The van der Waals surface area contributed by atoms with E-state index >= 15 is 0 Å². The molecule has 0 saturated carbocycles. The van der Waals surface area contributed by atoms with Gasteiger partial charge in [0.25, 0.3) is 0 Å². The Morgan fingerprint density at radius 3 is 1.89 bits per heavy atom. The Bertz CT molecular complexity index is 680. The monoisotopic (exact) mass is 382 g/mol. The average Bonchev–Trinajstić information content (AvgIpc) is 2.74. The molecule has 0 aliphatic carbocycles. The first kappa shape index (κ1) is 29.4. The number of carbonyl (C=O) groups is 1. The van der Waals surface area contributed by atoms with Crippen LogP contribution in [0.4, 0.5) is 0 Å². The maximum absolute atomic E-state index is 10.3. The first-order valence-electron chi connectivity index (χ1n) is 8.54. The van der Waals surface area contributed by atoms with E-state index in [2.05, 4.69) is 31.1 Å². The molecule has 28 heavy (non-hydrogen) atoms. The Morgan fingerprint density at radius 1 is 1.18 bits per heavy atom. The van der Waals surface area contributed by atoms with Crippen molar-refractivity contribution in [3.05, 3.63) is 79.4 Å². The molecule has 0 aliphatic rings. The van der Waals surface area contributed by atoms with Gasteiger partial charge in [-0.1, -0.05) is 76.6 Å². The van der Waals surface area contributed by atoms with Crippen molar-refractivity contribution in [3.8, 4) is 12.1 Å². The molecule has 1 N–H and O–H groups in total. The van der Waals surface area contributed by atoms with Crippen LogP contribution in [0, 0.1) is 22.7 Å². The predicted molar refractivity (Wildman–Crippen MR) is 115 cm³/mol. The van der Waals surface area contributed by atoms with Crippen LogP contribution in [0.25, 0.3) is 6.08 Å². The summed E-state index contributed by atoms with van der Waals surface area (Å²) in [6, 6.07) is 13.8. The summed E-state index contributed by atoms with van der Waals surface area (Å²) in [6.45, 7) is 18.8. The zero-order valence-corrected chi connectivity index (χ0v) is 17.0. The van der Waals surface area contributed by atoms with Gasteiger partial charge in [0.2, 0.25) is 6.29 Å². The first-order valence-corrected chi connectivity index (χ1v) is 8.54. The van der Waals surface area contributed by atoms with Crippen molar-refractivity contribution >= 4 is 12.0 Å². The second-order valence-electron chi connectivity index (χ2n) is 5.08. The highest BCUT2D eigenvalue weighted by atomic mass is 16.6. The number of carbonyl (C=O) groups excluding carboxylic acids is 1. The molecule has 150 valence electrons. The lowest BCUT2D eigenvalue weighted by Gasteiger charge is -2.05. The van der Waals surface area contributed by atoms with Crippen LogP contribution in [0.5, 0.6) is 0 Å². The topological polar surface area (TPSA) is 94.1 Å². The molecular weight excluding hydrogens is 352 g/mol. The van der Waals surface area contributed by atoms with Gasteiger partial charge in [-0.2, -0.15) is 10.5 Å². The molecule has 5 heteroatoms. The van der Waals surface area contributed by atoms with Crippen LogP contribution in [0.1, 0.15) is 39.2 Å². The van der Waals surface area contributed by atoms with Gasteiger partial charge < -0.3 is 9.84 Å². The molecule has 1 atom stereocenters. The molecule has 0 aromatic heterocycles. The van der Waals surface area contributed by atoms with Gasteiger partial charge in [-0.3, -0.25) is 0 Å². The molecule has 0 heterocycles. The van der Waals surface area contributed by atoms with E-state index in [1.165, 1.54) is 5.56 Å². The number of rotatable bonds is 5. The van der Waals surface area contributed by atoms with Crippen molar-refractivity contribution in [2.75, 3.05) is 0 Å². The summed E-state index contributed by atoms with van der Waals surface area (Å²) in [4.78, 5) is 10.3. The standard InChI is InChI=1S/C8H8.C6H10O3.C5H7N.C4H5N/c1-2-8-6-4-3-5-7-8;1-3-5(7)9-6(8)4-2;1-3-5(2)4-6;1-4(2)3-5/h2-7H,1H2;3,6,8H,1,4H2,2H3;2-3H2,1H3;1H2,2H3. The van der Waals surface area contributed by atoms with Gasteiger partial charge in [0.15, 0.2) is 0 Å². The van der Waals surface area contributed by atoms with Gasteiger partial charge in [-0.05, 0) is 18.9 Å². The molecule has 0 aliphatic heterocycles. The van der Waals surface area contributed by atoms with E-state index in [0.717, 1.165) is 12.5 Å². The Kier molecular flexibility index (Phi) is 22.7. The molecule has 0 fully saturated rings. The van der Waals surface area contributed by atoms with Crippen molar-refractivity contribution in [1.82, 2.24) is 0 Å². The molecule has 0 saturated heterocycles. The van der Waals surface area contributed by atoms with Crippen LogP contribution in [-0.4, -0.2) is 17.4 Å². The Hall–Kier alpha value is -3.41. The number of ether oxygens (including phenoxy) is 1. The molecule has 1 aromatic rings. The van der Waals surface area contributed by atoms with Gasteiger partial charge in [0.1, 0.15) is 0 Å². The number of benzene rings is 1. The van der Waals surface area contributed by atoms with Crippen molar-refractivity contribution in [3.63, 3.8) is 0 Å². The number of aliphatic hydroxyl groups is 1. The van der Waals surface area contributed by atoms with Gasteiger partial charge in [-0.15, -0.1) is 0 Å². The Morgan fingerprint density at radius 2 is 1.68 bits per heavy atom. The van der Waals surface area contributed by atoms with Crippen LogP contribution >= 0.6 is 0 Å². The quantitative estimate of drug-likeness (QED) is 0.321. The number of hydrogen-bond acceptors (Lipinski definition) is 5. The van der Waals surface area contributed by atoms with Crippen LogP contribution in [0.15, 0.2) is 73.9 Å². The molecule has 1 aromatic carbocycles. The summed E-state index contributed by atoms with van der Waals surface area (Å²) in [7, 11) is 0. The zero-order valence-electron chi connectivity index (χ0n) is 17.0. The van der Waals surface area contributed by atoms with Crippen molar-refractivity contribution in [2.24, 2.45) is 0 Å². The SMILES string of the molecule is C=C(C#N)CC.C=C(C)C#N.C=CC(=O)OC(O)CC.C=Cc1ccccc1. The summed E-state index contributed by atoms with van der Waals surface area (Å²) in [5.41, 5.74) is 2.38. The minimum absolute atomic E-state index is 0.402. The number of esters is 1. The van der Waals surface area contributed by atoms with E-state index in [4.69, 9.17) is 15.6 Å². The fraction of sp³-hybridized carbons (Fsp3) is 0.261. The number of hydrogen-bond donors (Lipinski definition) is 1. The van der Waals surface area contributed by atoms with Crippen molar-refractivity contribution in [1.29, 1.82) is 10.5 Å². The van der Waals surface area contributed by atoms with Crippen molar-refractivity contribution < 1.29 is 14.6 Å². The summed E-state index contributed by atoms with van der Waals surface area (Å²) in [5.74, 6) is -0.593. The first-order chi connectivity index (χ1) is 13.2. The number of allylic oxidation sites excluding steroid dienone is 2. The third-order valence-corrected chi connectivity index (χ3v) is 2.58. The number of aliphatic hydroxyl groups excluding tert-OH is 1. The lowest BCUT2D eigenvalue weighted by Crippen LogP contribution is -2.14. The number of nitrogens with zero attached hydrogens (tertiary/aromatic N) is 2. The second kappa shape index (κ2) is 21.6. The van der Waals surface area contributed by atoms with Gasteiger partial charge in [0, 0.05) is 23.6 Å². The maximum Gasteiger partial charge on any atom is 0.332 e. The van der Waals surface area contributed by atoms with Crippen LogP contribution in [0.3, 0.4) is 0 Å². The van der Waals surface area contributed by atoms with E-state index in [0.29, 0.717) is 17.6 Å². The van der Waals surface area contributed by atoms with Gasteiger partial charge >= 0.3 is 5.97 Å². The van der Waals surface area contributed by atoms with Crippen LogP contribution in [-0.2, 0) is 9.53 Å². The zero-order chi connectivity index (χ0) is 22.4. The summed E-state index contributed by atoms with van der Waals surface area (Å²) in [6.07, 6.45) is 3.03. The maximum atomic E-state index is 10.3. The fourth-order valence-electron chi connectivity index (χ4n) is 0.934. The van der Waals surface area contributed by atoms with Gasteiger partial charge in [-0.25, -0.2) is 4.79 Å². The summed E-state index contributed by atoms with van der Waals surface area (Å²) < 4.78 is 4.35. The lowest BCUT2D eigenvalue weighted by molar-refractivity contribution is -0.161. The highest BCUT2D eigenvalue weighted by Gasteiger charge is 2.02. The number of nitriles is 2. The van der Waals surface area contributed by atoms with Crippen LogP contribution < -0.4 is 0 Å². The third kappa shape index (κ3) is 24.8. The van der Waals surface area contributed by atoms with E-state index in [1.807, 2.05) is 55.5 Å². The van der Waals surface area contributed by atoms with E-state index in [-0.39, 0.29) is 0 Å². The smallest absolute Gasteiger partial charge is 0.332 e. The molecule has 0 amide bonds. The Balaban J connectivity index is -0.000000306. The Labute approximate surface area is 169 Å². The normalized spacial score (nSPS) is 8.79. The molecule has 5 nitrogen and oxygen atoms in total. The molecular formula is C23H30N2O3. The highest BCUT2D eigenvalue weighted by Crippen LogP contribution is 1.97. The lowest BCUT2D eigenvalue weighted by atomic mass is 10.2. The van der Waals surface area contributed by atoms with E-state index in [9.17, 15) is 4.79 Å². The molecule has 1 unspecified atom stereocenters. The van der Waals surface area contributed by atoms with Gasteiger partial charge in [0.05, 0.1) is 12.1 Å². The van der Waals surface area contributed by atoms with Crippen LogP contribution in [0.2, 0.25) is 0 Å². The predicted octanol–water partition coefficient (Wildman–Crippen LogP) is 5.34. The van der Waals surface area contributed by atoms with E-state index < -0.39 is 12.3 Å².